The largest absolute Gasteiger partial charge is 0.289 e. The quantitative estimate of drug-likeness (QED) is 0.205. The van der Waals surface area contributed by atoms with Crippen molar-refractivity contribution < 1.29 is 4.79 Å². The van der Waals surface area contributed by atoms with Crippen molar-refractivity contribution >= 4 is 27.8 Å². The molecule has 0 saturated carbocycles. The van der Waals surface area contributed by atoms with E-state index in [4.69, 9.17) is 5.10 Å². The first-order valence-electron chi connectivity index (χ1n) is 10.7. The maximum Gasteiger partial charge on any atom is 0.185 e. The lowest BCUT2D eigenvalue weighted by molar-refractivity contribution is 0.104. The summed E-state index contributed by atoms with van der Waals surface area (Å²) in [7, 11) is 0. The fourth-order valence-electron chi connectivity index (χ4n) is 3.64. The lowest BCUT2D eigenvalue weighted by Gasteiger charge is -2.03. The van der Waals surface area contributed by atoms with E-state index in [0.717, 1.165) is 27.1 Å². The van der Waals surface area contributed by atoms with Gasteiger partial charge >= 0.3 is 0 Å². The van der Waals surface area contributed by atoms with E-state index < -0.39 is 0 Å². The van der Waals surface area contributed by atoms with E-state index in [1.165, 1.54) is 0 Å². The van der Waals surface area contributed by atoms with Crippen LogP contribution in [0.1, 0.15) is 21.6 Å². The van der Waals surface area contributed by atoms with Gasteiger partial charge in [0.2, 0.25) is 0 Å². The SMILES string of the molecule is Cc1c(-c2nn(-c3ccccc3)cc2/C=C/C(=O)c2ccc(Br)cc2)nnn1-c1ccccc1. The number of aromatic nitrogens is 5. The molecule has 0 saturated heterocycles. The topological polar surface area (TPSA) is 65.6 Å². The molecular formula is C27H20BrN5O. The highest BCUT2D eigenvalue weighted by atomic mass is 79.9. The summed E-state index contributed by atoms with van der Waals surface area (Å²) in [4.78, 5) is 12.7. The minimum Gasteiger partial charge on any atom is -0.289 e. The third kappa shape index (κ3) is 4.38. The van der Waals surface area contributed by atoms with Crippen LogP contribution in [0.2, 0.25) is 0 Å². The second-order valence-corrected chi connectivity index (χ2v) is 8.60. The average Bonchev–Trinajstić information content (AvgIpc) is 3.47. The molecule has 0 unspecified atom stereocenters. The molecule has 0 aliphatic heterocycles. The van der Waals surface area contributed by atoms with Crippen LogP contribution in [0.3, 0.4) is 0 Å². The van der Waals surface area contributed by atoms with E-state index in [0.29, 0.717) is 17.0 Å². The zero-order valence-electron chi connectivity index (χ0n) is 18.3. The van der Waals surface area contributed by atoms with Gasteiger partial charge < -0.3 is 0 Å². The zero-order chi connectivity index (χ0) is 23.5. The van der Waals surface area contributed by atoms with Gasteiger partial charge in [-0.05, 0) is 67.6 Å². The lowest BCUT2D eigenvalue weighted by Crippen LogP contribution is -1.99. The summed E-state index contributed by atoms with van der Waals surface area (Å²) in [6.45, 7) is 1.96. The van der Waals surface area contributed by atoms with E-state index in [1.807, 2.05) is 85.9 Å². The molecule has 0 amide bonds. The van der Waals surface area contributed by atoms with Crippen molar-refractivity contribution in [3.8, 4) is 22.8 Å². The lowest BCUT2D eigenvalue weighted by atomic mass is 10.1. The fourth-order valence-corrected chi connectivity index (χ4v) is 3.91. The molecule has 0 spiro atoms. The first kappa shape index (κ1) is 21.7. The number of hydrogen-bond acceptors (Lipinski definition) is 4. The number of para-hydroxylation sites is 2. The number of ketones is 1. The molecule has 0 bridgehead atoms. The Balaban J connectivity index is 1.57. The second kappa shape index (κ2) is 9.41. The zero-order valence-corrected chi connectivity index (χ0v) is 19.9. The first-order chi connectivity index (χ1) is 16.6. The van der Waals surface area contributed by atoms with Gasteiger partial charge in [0.1, 0.15) is 11.4 Å². The number of benzene rings is 3. The molecule has 0 aliphatic carbocycles. The number of carbonyl (C=O) groups is 1. The summed E-state index contributed by atoms with van der Waals surface area (Å²) in [6.07, 6.45) is 5.25. The van der Waals surface area contributed by atoms with Crippen LogP contribution in [0, 0.1) is 6.92 Å². The molecule has 0 aliphatic rings. The van der Waals surface area contributed by atoms with Crippen molar-refractivity contribution in [3.05, 3.63) is 118 Å². The average molecular weight is 510 g/mol. The minimum absolute atomic E-state index is 0.0874. The van der Waals surface area contributed by atoms with Crippen LogP contribution in [0.4, 0.5) is 0 Å². The van der Waals surface area contributed by atoms with Gasteiger partial charge in [0.05, 0.1) is 17.1 Å². The second-order valence-electron chi connectivity index (χ2n) is 7.69. The van der Waals surface area contributed by atoms with Crippen LogP contribution in [0.5, 0.6) is 0 Å². The number of nitrogens with zero attached hydrogens (tertiary/aromatic N) is 5. The van der Waals surface area contributed by atoms with Crippen LogP contribution in [0.15, 0.2) is 102 Å². The molecule has 0 atom stereocenters. The third-order valence-corrected chi connectivity index (χ3v) is 5.95. The molecular weight excluding hydrogens is 490 g/mol. The van der Waals surface area contributed by atoms with Gasteiger partial charge in [0.15, 0.2) is 5.78 Å². The van der Waals surface area contributed by atoms with Crippen LogP contribution in [0.25, 0.3) is 28.8 Å². The Bertz CT molecular complexity index is 1470. The molecule has 5 aromatic rings. The molecule has 0 radical (unpaired) electrons. The van der Waals surface area contributed by atoms with Gasteiger partial charge in [0, 0.05) is 21.8 Å². The molecule has 7 heteroatoms. The Morgan fingerprint density at radius 2 is 1.50 bits per heavy atom. The standard InChI is InChI=1S/C27H20BrN5O/c1-19-26(29-31-33(19)24-10-6-3-7-11-24)27-21(18-32(30-27)23-8-4-2-5-9-23)14-17-25(34)20-12-15-22(28)16-13-20/h2-18H,1H3/b17-14+. The van der Waals surface area contributed by atoms with Crippen LogP contribution < -0.4 is 0 Å². The van der Waals surface area contributed by atoms with Gasteiger partial charge in [-0.3, -0.25) is 4.79 Å². The Labute approximate surface area is 205 Å². The number of halogens is 1. The monoisotopic (exact) mass is 509 g/mol. The molecule has 0 N–H and O–H groups in total. The van der Waals surface area contributed by atoms with Gasteiger partial charge in [-0.25, -0.2) is 9.36 Å². The van der Waals surface area contributed by atoms with Crippen LogP contribution >= 0.6 is 15.9 Å². The summed E-state index contributed by atoms with van der Waals surface area (Å²) >= 11 is 3.40. The Morgan fingerprint density at radius 3 is 2.18 bits per heavy atom. The molecule has 2 aromatic heterocycles. The third-order valence-electron chi connectivity index (χ3n) is 5.43. The molecule has 2 heterocycles. The van der Waals surface area contributed by atoms with E-state index in [-0.39, 0.29) is 5.78 Å². The summed E-state index contributed by atoms with van der Waals surface area (Å²) in [5.41, 5.74) is 5.40. The highest BCUT2D eigenvalue weighted by Gasteiger charge is 2.19. The summed E-state index contributed by atoms with van der Waals surface area (Å²) in [6, 6.07) is 27.0. The van der Waals surface area contributed by atoms with Crippen molar-refractivity contribution in [2.24, 2.45) is 0 Å². The molecule has 6 nitrogen and oxygen atoms in total. The Hall–Kier alpha value is -4.10. The van der Waals surface area contributed by atoms with Gasteiger partial charge in [0.25, 0.3) is 0 Å². The maximum atomic E-state index is 12.7. The molecule has 166 valence electrons. The molecule has 34 heavy (non-hydrogen) atoms. The number of carbonyl (C=O) groups excluding carboxylic acids is 1. The first-order valence-corrected chi connectivity index (χ1v) is 11.5. The normalized spacial score (nSPS) is 11.2. The van der Waals surface area contributed by atoms with Gasteiger partial charge in [-0.1, -0.05) is 57.5 Å². The summed E-state index contributed by atoms with van der Waals surface area (Å²) in [5.74, 6) is -0.0874. The van der Waals surface area contributed by atoms with Crippen molar-refractivity contribution in [2.75, 3.05) is 0 Å². The molecule has 0 fully saturated rings. The van der Waals surface area contributed by atoms with Crippen molar-refractivity contribution in [1.29, 1.82) is 0 Å². The van der Waals surface area contributed by atoms with Crippen LogP contribution in [-0.4, -0.2) is 30.6 Å². The summed E-state index contributed by atoms with van der Waals surface area (Å²) in [5, 5.41) is 13.6. The van der Waals surface area contributed by atoms with E-state index in [1.54, 1.807) is 33.6 Å². The number of hydrogen-bond donors (Lipinski definition) is 0. The highest BCUT2D eigenvalue weighted by molar-refractivity contribution is 9.10. The van der Waals surface area contributed by atoms with Crippen molar-refractivity contribution in [1.82, 2.24) is 24.8 Å². The van der Waals surface area contributed by atoms with Gasteiger partial charge in [-0.2, -0.15) is 5.10 Å². The highest BCUT2D eigenvalue weighted by Crippen LogP contribution is 2.27. The molecule has 5 rings (SSSR count). The Morgan fingerprint density at radius 1 is 0.853 bits per heavy atom. The van der Waals surface area contributed by atoms with E-state index in [9.17, 15) is 4.79 Å². The van der Waals surface area contributed by atoms with Crippen molar-refractivity contribution in [3.63, 3.8) is 0 Å². The van der Waals surface area contributed by atoms with Gasteiger partial charge in [-0.15, -0.1) is 5.10 Å². The smallest absolute Gasteiger partial charge is 0.185 e. The predicted octanol–water partition coefficient (Wildman–Crippen LogP) is 6.09. The number of rotatable bonds is 6. The maximum absolute atomic E-state index is 12.7. The van der Waals surface area contributed by atoms with E-state index >= 15 is 0 Å². The molecule has 3 aromatic carbocycles. The minimum atomic E-state index is -0.0874. The van der Waals surface area contributed by atoms with E-state index in [2.05, 4.69) is 26.2 Å². The van der Waals surface area contributed by atoms with Crippen molar-refractivity contribution in [2.45, 2.75) is 6.92 Å². The van der Waals surface area contributed by atoms with Crippen LogP contribution in [-0.2, 0) is 0 Å². The fraction of sp³-hybridized carbons (Fsp3) is 0.0370. The predicted molar refractivity (Wildman–Crippen MR) is 136 cm³/mol. The Kier molecular flexibility index (Phi) is 6.01. The number of allylic oxidation sites excluding steroid dienone is 1. The summed E-state index contributed by atoms with van der Waals surface area (Å²) < 4.78 is 4.51.